The van der Waals surface area contributed by atoms with Gasteiger partial charge in [-0.05, 0) is 61.5 Å². The van der Waals surface area contributed by atoms with E-state index in [9.17, 15) is 17.2 Å². The fourth-order valence-electron chi connectivity index (χ4n) is 3.40. The van der Waals surface area contributed by atoms with Gasteiger partial charge in [0.15, 0.2) is 0 Å². The Morgan fingerprint density at radius 1 is 1.06 bits per heavy atom. The van der Waals surface area contributed by atoms with Crippen LogP contribution in [0.5, 0.6) is 0 Å². The standard InChI is InChI=1S/C22H20F2N4O2S/c1-14-8-17(24)6-7-20(14)27-22-10-21-19(12-26-22)15(11-25-2)13-28(21)31(29,30)18-5-3-4-16(23)9-18/h3-10,12-13,25H,11H2,1-2H3,(H,26,27). The van der Waals surface area contributed by atoms with Crippen molar-refractivity contribution in [1.29, 1.82) is 0 Å². The zero-order chi connectivity index (χ0) is 22.2. The second-order valence-corrected chi connectivity index (χ2v) is 8.93. The first-order valence-corrected chi connectivity index (χ1v) is 10.9. The molecule has 0 atom stereocenters. The molecule has 0 bridgehead atoms. The lowest BCUT2D eigenvalue weighted by atomic mass is 10.2. The van der Waals surface area contributed by atoms with Gasteiger partial charge in [0.25, 0.3) is 10.0 Å². The van der Waals surface area contributed by atoms with Gasteiger partial charge in [0.05, 0.1) is 10.4 Å². The fraction of sp³-hybridized carbons (Fsp3) is 0.136. The van der Waals surface area contributed by atoms with E-state index in [1.54, 1.807) is 32.3 Å². The van der Waals surface area contributed by atoms with Crippen LogP contribution in [0.3, 0.4) is 0 Å². The van der Waals surface area contributed by atoms with Crippen molar-refractivity contribution in [1.82, 2.24) is 14.3 Å². The van der Waals surface area contributed by atoms with Gasteiger partial charge in [0, 0.05) is 36.1 Å². The Morgan fingerprint density at radius 2 is 1.84 bits per heavy atom. The highest BCUT2D eigenvalue weighted by atomic mass is 32.2. The number of anilines is 2. The molecule has 4 aromatic rings. The minimum absolute atomic E-state index is 0.152. The lowest BCUT2D eigenvalue weighted by Crippen LogP contribution is -2.12. The van der Waals surface area contributed by atoms with E-state index in [1.165, 1.54) is 36.5 Å². The summed E-state index contributed by atoms with van der Waals surface area (Å²) in [5.41, 5.74) is 2.46. The Kier molecular flexibility index (Phi) is 5.47. The average Bonchev–Trinajstić information content (AvgIpc) is 3.09. The Bertz CT molecular complexity index is 1380. The molecule has 0 radical (unpaired) electrons. The monoisotopic (exact) mass is 442 g/mol. The summed E-state index contributed by atoms with van der Waals surface area (Å²) in [6.07, 6.45) is 3.09. The molecule has 0 aliphatic rings. The third-order valence-corrected chi connectivity index (χ3v) is 6.58. The maximum absolute atomic E-state index is 13.7. The van der Waals surface area contributed by atoms with Crippen LogP contribution in [-0.2, 0) is 16.6 Å². The molecule has 2 aromatic heterocycles. The normalized spacial score (nSPS) is 11.7. The number of hydrogen-bond donors (Lipinski definition) is 2. The molecule has 9 heteroatoms. The number of rotatable bonds is 6. The van der Waals surface area contributed by atoms with E-state index >= 15 is 0 Å². The molecule has 160 valence electrons. The lowest BCUT2D eigenvalue weighted by Gasteiger charge is -2.11. The molecule has 31 heavy (non-hydrogen) atoms. The summed E-state index contributed by atoms with van der Waals surface area (Å²) < 4.78 is 54.8. The maximum atomic E-state index is 13.7. The van der Waals surface area contributed by atoms with Gasteiger partial charge in [-0.1, -0.05) is 6.07 Å². The number of halogens is 2. The van der Waals surface area contributed by atoms with E-state index < -0.39 is 15.8 Å². The van der Waals surface area contributed by atoms with E-state index in [0.29, 0.717) is 34.5 Å². The van der Waals surface area contributed by atoms with Crippen LogP contribution < -0.4 is 10.6 Å². The maximum Gasteiger partial charge on any atom is 0.268 e. The van der Waals surface area contributed by atoms with Crippen LogP contribution in [0, 0.1) is 18.6 Å². The Balaban J connectivity index is 1.85. The van der Waals surface area contributed by atoms with Gasteiger partial charge in [-0.25, -0.2) is 26.2 Å². The SMILES string of the molecule is CNCc1cn(S(=O)(=O)c2cccc(F)c2)c2cc(Nc3ccc(F)cc3C)ncc12. The molecule has 2 N–H and O–H groups in total. The molecule has 0 saturated carbocycles. The minimum Gasteiger partial charge on any atom is -0.340 e. The smallest absolute Gasteiger partial charge is 0.268 e. The fourth-order valence-corrected chi connectivity index (χ4v) is 4.82. The van der Waals surface area contributed by atoms with Crippen molar-refractivity contribution in [2.24, 2.45) is 0 Å². The number of aryl methyl sites for hydroxylation is 1. The highest BCUT2D eigenvalue weighted by molar-refractivity contribution is 7.90. The molecular weight excluding hydrogens is 422 g/mol. The van der Waals surface area contributed by atoms with Gasteiger partial charge >= 0.3 is 0 Å². The highest BCUT2D eigenvalue weighted by Gasteiger charge is 2.22. The third-order valence-electron chi connectivity index (χ3n) is 4.91. The van der Waals surface area contributed by atoms with Crippen molar-refractivity contribution in [3.05, 3.63) is 83.7 Å². The van der Waals surface area contributed by atoms with Crippen LogP contribution in [0.1, 0.15) is 11.1 Å². The van der Waals surface area contributed by atoms with Gasteiger partial charge in [-0.2, -0.15) is 0 Å². The number of nitrogens with one attached hydrogen (secondary N) is 2. The van der Waals surface area contributed by atoms with Crippen molar-refractivity contribution >= 4 is 32.4 Å². The zero-order valence-electron chi connectivity index (χ0n) is 16.9. The second kappa shape index (κ2) is 8.09. The largest absolute Gasteiger partial charge is 0.340 e. The molecule has 0 aliphatic carbocycles. The summed E-state index contributed by atoms with van der Waals surface area (Å²) in [6, 6.07) is 10.8. The second-order valence-electron chi connectivity index (χ2n) is 7.11. The van der Waals surface area contributed by atoms with Crippen molar-refractivity contribution in [2.45, 2.75) is 18.4 Å². The quantitative estimate of drug-likeness (QED) is 0.465. The first kappa shape index (κ1) is 21.0. The van der Waals surface area contributed by atoms with Gasteiger partial charge in [0.1, 0.15) is 17.5 Å². The van der Waals surface area contributed by atoms with Crippen LogP contribution in [0.15, 0.2) is 65.8 Å². The minimum atomic E-state index is -4.05. The summed E-state index contributed by atoms with van der Waals surface area (Å²) in [4.78, 5) is 4.24. The molecule has 0 fully saturated rings. The molecular formula is C22H20F2N4O2S. The zero-order valence-corrected chi connectivity index (χ0v) is 17.7. The molecule has 0 saturated heterocycles. The van der Waals surface area contributed by atoms with E-state index in [-0.39, 0.29) is 10.7 Å². The lowest BCUT2D eigenvalue weighted by molar-refractivity contribution is 0.584. The molecule has 6 nitrogen and oxygen atoms in total. The van der Waals surface area contributed by atoms with Crippen molar-refractivity contribution < 1.29 is 17.2 Å². The molecule has 2 aromatic carbocycles. The number of hydrogen-bond acceptors (Lipinski definition) is 5. The topological polar surface area (TPSA) is 76.0 Å². The number of nitrogens with zero attached hydrogens (tertiary/aromatic N) is 2. The van der Waals surface area contributed by atoms with Crippen molar-refractivity contribution in [2.75, 3.05) is 12.4 Å². The van der Waals surface area contributed by atoms with Gasteiger partial charge in [-0.3, -0.25) is 0 Å². The summed E-state index contributed by atoms with van der Waals surface area (Å²) >= 11 is 0. The van der Waals surface area contributed by atoms with Crippen LogP contribution in [-0.4, -0.2) is 24.4 Å². The van der Waals surface area contributed by atoms with Crippen LogP contribution in [0.2, 0.25) is 0 Å². The van der Waals surface area contributed by atoms with E-state index in [2.05, 4.69) is 15.6 Å². The van der Waals surface area contributed by atoms with Crippen molar-refractivity contribution in [3.8, 4) is 0 Å². The number of fused-ring (bicyclic) bond motifs is 1. The van der Waals surface area contributed by atoms with Gasteiger partial charge in [0.2, 0.25) is 0 Å². The van der Waals surface area contributed by atoms with Crippen molar-refractivity contribution in [3.63, 3.8) is 0 Å². The molecule has 4 rings (SSSR count). The van der Waals surface area contributed by atoms with E-state index in [1.807, 2.05) is 0 Å². The Labute approximate surface area is 178 Å². The summed E-state index contributed by atoms with van der Waals surface area (Å²) in [5, 5.41) is 6.76. The third kappa shape index (κ3) is 4.01. The molecule has 0 aliphatic heterocycles. The molecule has 2 heterocycles. The van der Waals surface area contributed by atoms with Crippen LogP contribution in [0.25, 0.3) is 10.9 Å². The van der Waals surface area contributed by atoms with Crippen LogP contribution >= 0.6 is 0 Å². The number of aromatic nitrogens is 2. The Morgan fingerprint density at radius 3 is 2.55 bits per heavy atom. The summed E-state index contributed by atoms with van der Waals surface area (Å²) in [5.74, 6) is -0.589. The van der Waals surface area contributed by atoms with E-state index in [0.717, 1.165) is 15.6 Å². The van der Waals surface area contributed by atoms with Crippen LogP contribution in [0.4, 0.5) is 20.3 Å². The number of pyridine rings is 1. The molecule has 0 spiro atoms. The van der Waals surface area contributed by atoms with Gasteiger partial charge in [-0.15, -0.1) is 0 Å². The Hall–Kier alpha value is -3.30. The molecule has 0 amide bonds. The summed E-state index contributed by atoms with van der Waals surface area (Å²) in [6.45, 7) is 2.18. The highest BCUT2D eigenvalue weighted by Crippen LogP contribution is 2.29. The first-order chi connectivity index (χ1) is 14.8. The number of benzene rings is 2. The average molecular weight is 442 g/mol. The molecule has 0 unspecified atom stereocenters. The summed E-state index contributed by atoms with van der Waals surface area (Å²) in [7, 11) is -2.29. The van der Waals surface area contributed by atoms with E-state index in [4.69, 9.17) is 0 Å². The predicted molar refractivity (Wildman–Crippen MR) is 116 cm³/mol. The predicted octanol–water partition coefficient (Wildman–Crippen LogP) is 4.32. The first-order valence-electron chi connectivity index (χ1n) is 9.48. The van der Waals surface area contributed by atoms with Gasteiger partial charge < -0.3 is 10.6 Å².